The van der Waals surface area contributed by atoms with Gasteiger partial charge in [-0.1, -0.05) is 23.7 Å². The molecule has 9 heteroatoms. The smallest absolute Gasteiger partial charge is 0.248 e. The predicted octanol–water partition coefficient (Wildman–Crippen LogP) is 3.25. The Hall–Kier alpha value is -3.39. The van der Waals surface area contributed by atoms with E-state index in [-0.39, 0.29) is 11.1 Å². The number of halogens is 2. The Morgan fingerprint density at radius 2 is 2.10 bits per heavy atom. The number of carbonyl (C=O) groups is 1. The van der Waals surface area contributed by atoms with Crippen molar-refractivity contribution in [3.05, 3.63) is 76.7 Å². The highest BCUT2D eigenvalue weighted by Gasteiger charge is 2.30. The molecule has 0 atom stereocenters. The lowest BCUT2D eigenvalue weighted by Gasteiger charge is -2.39. The van der Waals surface area contributed by atoms with Crippen LogP contribution in [0.4, 0.5) is 16.2 Å². The molecule has 1 amide bonds. The average Bonchev–Trinajstić information content (AvgIpc) is 2.70. The van der Waals surface area contributed by atoms with Crippen molar-refractivity contribution >= 4 is 29.3 Å². The van der Waals surface area contributed by atoms with E-state index in [0.717, 1.165) is 11.4 Å². The van der Waals surface area contributed by atoms with E-state index >= 15 is 0 Å². The van der Waals surface area contributed by atoms with Gasteiger partial charge in [0, 0.05) is 18.3 Å². The fourth-order valence-electron chi connectivity index (χ4n) is 3.08. The number of nitrogens with one attached hydrogen (secondary N) is 1. The number of anilines is 2. The van der Waals surface area contributed by atoms with Crippen molar-refractivity contribution in [2.24, 2.45) is 5.73 Å². The van der Waals surface area contributed by atoms with Gasteiger partial charge in [0.15, 0.2) is 0 Å². The van der Waals surface area contributed by atoms with Gasteiger partial charge in [-0.2, -0.15) is 4.98 Å². The number of rotatable bonds is 7. The summed E-state index contributed by atoms with van der Waals surface area (Å²) in [5, 5.41) is 3.40. The molecular weight excluding hydrogens is 409 g/mol. The largest absolute Gasteiger partial charge is 0.485 e. The van der Waals surface area contributed by atoms with E-state index in [2.05, 4.69) is 15.3 Å². The highest BCUT2D eigenvalue weighted by Crippen LogP contribution is 2.29. The SMILES string of the molecule is NC(=O)c1cccc(CNc2nccc(N3CC(Oc4ccc(F)cc4Cl)C3)n2)c1. The average molecular weight is 428 g/mol. The van der Waals surface area contributed by atoms with E-state index in [1.54, 1.807) is 24.4 Å². The molecule has 0 spiro atoms. The maximum Gasteiger partial charge on any atom is 0.248 e. The Balaban J connectivity index is 1.33. The van der Waals surface area contributed by atoms with Crippen LogP contribution in [0.15, 0.2) is 54.7 Å². The number of ether oxygens (including phenoxy) is 1. The molecule has 3 N–H and O–H groups in total. The van der Waals surface area contributed by atoms with Crippen LogP contribution in [0.25, 0.3) is 0 Å². The fraction of sp³-hybridized carbons (Fsp3) is 0.190. The Kier molecular flexibility index (Phi) is 5.67. The van der Waals surface area contributed by atoms with Crippen molar-refractivity contribution in [2.75, 3.05) is 23.3 Å². The highest BCUT2D eigenvalue weighted by atomic mass is 35.5. The maximum atomic E-state index is 13.1. The van der Waals surface area contributed by atoms with Crippen LogP contribution in [0, 0.1) is 5.82 Å². The molecule has 7 nitrogen and oxygen atoms in total. The summed E-state index contributed by atoms with van der Waals surface area (Å²) in [6.07, 6.45) is 1.62. The summed E-state index contributed by atoms with van der Waals surface area (Å²) in [7, 11) is 0. The van der Waals surface area contributed by atoms with Gasteiger partial charge in [0.2, 0.25) is 11.9 Å². The third-order valence-corrected chi connectivity index (χ3v) is 4.96. The Labute approximate surface area is 177 Å². The number of carbonyl (C=O) groups excluding carboxylic acids is 1. The standard InChI is InChI=1S/C21H19ClFN5O2/c22-17-9-15(23)4-5-18(17)30-16-11-28(12-16)19-6-7-25-21(27-19)26-10-13-2-1-3-14(8-13)20(24)29/h1-9,16H,10-12H2,(H2,24,29)(H,25,26,27). The van der Waals surface area contributed by atoms with Crippen molar-refractivity contribution in [2.45, 2.75) is 12.6 Å². The minimum absolute atomic E-state index is 0.0594. The lowest BCUT2D eigenvalue weighted by atomic mass is 10.1. The molecule has 1 aliphatic rings. The fourth-order valence-corrected chi connectivity index (χ4v) is 3.29. The summed E-state index contributed by atoms with van der Waals surface area (Å²) >= 11 is 6.01. The quantitative estimate of drug-likeness (QED) is 0.601. The molecule has 4 rings (SSSR count). The Bertz CT molecular complexity index is 1070. The van der Waals surface area contributed by atoms with E-state index < -0.39 is 11.7 Å². The Morgan fingerprint density at radius 3 is 2.87 bits per heavy atom. The Morgan fingerprint density at radius 1 is 1.27 bits per heavy atom. The lowest BCUT2D eigenvalue weighted by Crippen LogP contribution is -2.54. The van der Waals surface area contributed by atoms with Crippen LogP contribution in [-0.4, -0.2) is 35.1 Å². The van der Waals surface area contributed by atoms with Gasteiger partial charge < -0.3 is 20.7 Å². The number of benzene rings is 2. The van der Waals surface area contributed by atoms with E-state index in [1.165, 1.54) is 18.2 Å². The molecule has 154 valence electrons. The van der Waals surface area contributed by atoms with Crippen molar-refractivity contribution in [1.29, 1.82) is 0 Å². The number of aromatic nitrogens is 2. The molecule has 3 aromatic rings. The first kappa shape index (κ1) is 19.9. The number of hydrogen-bond donors (Lipinski definition) is 2. The lowest BCUT2D eigenvalue weighted by molar-refractivity contribution is 0.1000. The molecule has 0 bridgehead atoms. The first-order chi connectivity index (χ1) is 14.5. The summed E-state index contributed by atoms with van der Waals surface area (Å²) in [5.41, 5.74) is 6.67. The first-order valence-corrected chi connectivity index (χ1v) is 9.68. The molecule has 0 unspecified atom stereocenters. The number of primary amides is 1. The van der Waals surface area contributed by atoms with Gasteiger partial charge in [0.05, 0.1) is 18.1 Å². The topological polar surface area (TPSA) is 93.4 Å². The second-order valence-corrected chi connectivity index (χ2v) is 7.28. The zero-order chi connectivity index (χ0) is 21.1. The second kappa shape index (κ2) is 8.54. The van der Waals surface area contributed by atoms with Gasteiger partial charge in [0.25, 0.3) is 0 Å². The number of hydrogen-bond acceptors (Lipinski definition) is 6. The van der Waals surface area contributed by atoms with Crippen LogP contribution in [0.5, 0.6) is 5.75 Å². The summed E-state index contributed by atoms with van der Waals surface area (Å²) < 4.78 is 19.0. The molecule has 1 saturated heterocycles. The van der Waals surface area contributed by atoms with Gasteiger partial charge >= 0.3 is 0 Å². The molecule has 0 saturated carbocycles. The zero-order valence-electron chi connectivity index (χ0n) is 15.9. The summed E-state index contributed by atoms with van der Waals surface area (Å²) in [6.45, 7) is 1.72. The first-order valence-electron chi connectivity index (χ1n) is 9.30. The van der Waals surface area contributed by atoms with E-state index in [9.17, 15) is 9.18 Å². The zero-order valence-corrected chi connectivity index (χ0v) is 16.6. The molecule has 1 aromatic heterocycles. The maximum absolute atomic E-state index is 13.1. The highest BCUT2D eigenvalue weighted by molar-refractivity contribution is 6.32. The van der Waals surface area contributed by atoms with Gasteiger partial charge in [-0.05, 0) is 42.0 Å². The van der Waals surface area contributed by atoms with Gasteiger partial charge in [-0.25, -0.2) is 9.37 Å². The molecule has 0 radical (unpaired) electrons. The van der Waals surface area contributed by atoms with Gasteiger partial charge in [0.1, 0.15) is 23.5 Å². The van der Waals surface area contributed by atoms with Crippen LogP contribution in [-0.2, 0) is 6.54 Å². The molecular formula is C21H19ClFN5O2. The van der Waals surface area contributed by atoms with E-state index in [4.69, 9.17) is 22.1 Å². The number of nitrogens with two attached hydrogens (primary N) is 1. The van der Waals surface area contributed by atoms with Crippen molar-refractivity contribution in [3.8, 4) is 5.75 Å². The second-order valence-electron chi connectivity index (χ2n) is 6.88. The van der Waals surface area contributed by atoms with Crippen LogP contribution in [0.1, 0.15) is 15.9 Å². The van der Waals surface area contributed by atoms with E-state index in [1.807, 2.05) is 17.0 Å². The van der Waals surface area contributed by atoms with Crippen LogP contribution >= 0.6 is 11.6 Å². The molecule has 30 heavy (non-hydrogen) atoms. The summed E-state index contributed by atoms with van der Waals surface area (Å²) in [4.78, 5) is 22.1. The van der Waals surface area contributed by atoms with E-state index in [0.29, 0.717) is 36.9 Å². The minimum Gasteiger partial charge on any atom is -0.485 e. The number of amides is 1. The van der Waals surface area contributed by atoms with Gasteiger partial charge in [-0.15, -0.1) is 0 Å². The molecule has 2 heterocycles. The summed E-state index contributed by atoms with van der Waals surface area (Å²) in [6, 6.07) is 13.0. The van der Waals surface area contributed by atoms with Crippen LogP contribution in [0.2, 0.25) is 5.02 Å². The van der Waals surface area contributed by atoms with Gasteiger partial charge in [-0.3, -0.25) is 4.79 Å². The monoisotopic (exact) mass is 427 g/mol. The van der Waals surface area contributed by atoms with Crippen molar-refractivity contribution in [1.82, 2.24) is 9.97 Å². The minimum atomic E-state index is -0.466. The third-order valence-electron chi connectivity index (χ3n) is 4.66. The van der Waals surface area contributed by atoms with Crippen LogP contribution < -0.4 is 20.7 Å². The molecule has 1 fully saturated rings. The van der Waals surface area contributed by atoms with Crippen molar-refractivity contribution < 1.29 is 13.9 Å². The molecule has 0 aliphatic carbocycles. The summed E-state index contributed by atoms with van der Waals surface area (Å²) in [5.74, 6) is 0.842. The molecule has 2 aromatic carbocycles. The van der Waals surface area contributed by atoms with Crippen LogP contribution in [0.3, 0.4) is 0 Å². The molecule has 1 aliphatic heterocycles. The third kappa shape index (κ3) is 4.60. The normalized spacial score (nSPS) is 13.6. The number of nitrogens with zero attached hydrogens (tertiary/aromatic N) is 3. The predicted molar refractivity (Wildman–Crippen MR) is 112 cm³/mol. The van der Waals surface area contributed by atoms with Crippen molar-refractivity contribution in [3.63, 3.8) is 0 Å².